The molecule has 7 nitrogen and oxygen atoms in total. The Labute approximate surface area is 182 Å². The maximum Gasteiger partial charge on any atom is 0.265 e. The molecule has 0 atom stereocenters. The summed E-state index contributed by atoms with van der Waals surface area (Å²) in [5.41, 5.74) is 2.96. The van der Waals surface area contributed by atoms with Crippen LogP contribution in [0.3, 0.4) is 0 Å². The first-order valence-corrected chi connectivity index (χ1v) is 11.4. The molecule has 8 heteroatoms. The van der Waals surface area contributed by atoms with Crippen LogP contribution in [0.4, 0.5) is 0 Å². The van der Waals surface area contributed by atoms with Gasteiger partial charge in [-0.05, 0) is 30.0 Å². The summed E-state index contributed by atoms with van der Waals surface area (Å²) >= 11 is 1.59. The van der Waals surface area contributed by atoms with E-state index >= 15 is 0 Å². The molecule has 0 N–H and O–H groups in total. The monoisotopic (exact) mass is 430 g/mol. The highest BCUT2D eigenvalue weighted by atomic mass is 32.1. The van der Waals surface area contributed by atoms with Crippen molar-refractivity contribution in [1.82, 2.24) is 24.2 Å². The van der Waals surface area contributed by atoms with Gasteiger partial charge in [0.15, 0.2) is 11.3 Å². The summed E-state index contributed by atoms with van der Waals surface area (Å²) in [6.45, 7) is 2.82. The van der Waals surface area contributed by atoms with Crippen molar-refractivity contribution in [2.24, 2.45) is 5.10 Å². The number of rotatable bonds is 7. The molecule has 0 unspecified atom stereocenters. The normalized spacial score (nSPS) is 12.0. The molecule has 0 amide bonds. The molecule has 0 saturated carbocycles. The van der Waals surface area contributed by atoms with Gasteiger partial charge in [-0.25, -0.2) is 15.0 Å². The molecule has 0 bridgehead atoms. The van der Waals surface area contributed by atoms with Crippen molar-refractivity contribution in [3.8, 4) is 0 Å². The molecule has 5 aromatic rings. The van der Waals surface area contributed by atoms with Crippen LogP contribution in [0.1, 0.15) is 37.5 Å². The second-order valence-electron chi connectivity index (χ2n) is 7.46. The number of aromatic nitrogens is 5. The third-order valence-corrected chi connectivity index (χ3v) is 6.11. The molecule has 5 rings (SSSR count). The van der Waals surface area contributed by atoms with Gasteiger partial charge in [-0.1, -0.05) is 44.4 Å². The first kappa shape index (κ1) is 19.6. The number of hydrogen-bond acceptors (Lipinski definition) is 6. The van der Waals surface area contributed by atoms with Crippen molar-refractivity contribution in [2.45, 2.75) is 39.2 Å². The van der Waals surface area contributed by atoms with E-state index in [1.807, 2.05) is 41.8 Å². The zero-order chi connectivity index (χ0) is 21.2. The Kier molecular flexibility index (Phi) is 5.30. The predicted molar refractivity (Wildman–Crippen MR) is 126 cm³/mol. The molecular weight excluding hydrogens is 408 g/mol. The first-order chi connectivity index (χ1) is 15.3. The number of thiophene rings is 1. The van der Waals surface area contributed by atoms with E-state index in [1.165, 1.54) is 6.42 Å². The molecule has 31 heavy (non-hydrogen) atoms. The van der Waals surface area contributed by atoms with E-state index in [4.69, 9.17) is 9.97 Å². The Morgan fingerprint density at radius 1 is 1.03 bits per heavy atom. The third kappa shape index (κ3) is 3.63. The quantitative estimate of drug-likeness (QED) is 0.274. The van der Waals surface area contributed by atoms with Gasteiger partial charge in [-0.15, -0.1) is 11.3 Å². The van der Waals surface area contributed by atoms with Gasteiger partial charge < -0.3 is 0 Å². The van der Waals surface area contributed by atoms with Crippen molar-refractivity contribution in [3.05, 3.63) is 63.3 Å². The number of fused-ring (bicyclic) bond motifs is 4. The molecule has 0 saturated heterocycles. The largest absolute Gasteiger partial charge is 0.299 e. The Morgan fingerprint density at radius 2 is 1.87 bits per heavy atom. The van der Waals surface area contributed by atoms with E-state index in [9.17, 15) is 4.79 Å². The molecule has 1 aromatic carbocycles. The van der Waals surface area contributed by atoms with Gasteiger partial charge in [0.25, 0.3) is 5.56 Å². The lowest BCUT2D eigenvalue weighted by molar-refractivity contribution is 0.567. The lowest BCUT2D eigenvalue weighted by atomic mass is 10.2. The van der Waals surface area contributed by atoms with Crippen molar-refractivity contribution in [3.63, 3.8) is 0 Å². The van der Waals surface area contributed by atoms with Crippen LogP contribution in [0, 0.1) is 0 Å². The Bertz CT molecular complexity index is 1450. The van der Waals surface area contributed by atoms with Crippen LogP contribution in [-0.2, 0) is 6.54 Å². The number of hydrogen-bond donors (Lipinski definition) is 0. The minimum atomic E-state index is -0.0962. The SMILES string of the molecule is CCCCCCn1cnc2c(c1=O)c1nc3ccccc3nc1n2/N=C\c1cccs1. The van der Waals surface area contributed by atoms with Crippen LogP contribution in [0.15, 0.2) is 58.0 Å². The number of unbranched alkanes of at least 4 members (excludes halogenated alkanes) is 3. The molecule has 0 aliphatic rings. The van der Waals surface area contributed by atoms with Crippen LogP contribution in [-0.4, -0.2) is 30.4 Å². The van der Waals surface area contributed by atoms with Crippen LogP contribution < -0.4 is 5.56 Å². The fraction of sp³-hybridized carbons (Fsp3) is 0.261. The average molecular weight is 431 g/mol. The van der Waals surface area contributed by atoms with Crippen LogP contribution >= 0.6 is 11.3 Å². The lowest BCUT2D eigenvalue weighted by Gasteiger charge is -2.05. The molecule has 4 aromatic heterocycles. The van der Waals surface area contributed by atoms with Gasteiger partial charge in [0.05, 0.1) is 23.6 Å². The summed E-state index contributed by atoms with van der Waals surface area (Å²) < 4.78 is 3.31. The third-order valence-electron chi connectivity index (χ3n) is 5.30. The van der Waals surface area contributed by atoms with E-state index < -0.39 is 0 Å². The zero-order valence-corrected chi connectivity index (χ0v) is 18.0. The van der Waals surface area contributed by atoms with Crippen LogP contribution in [0.5, 0.6) is 0 Å². The zero-order valence-electron chi connectivity index (χ0n) is 17.2. The van der Waals surface area contributed by atoms with Crippen LogP contribution in [0.25, 0.3) is 33.2 Å². The lowest BCUT2D eigenvalue weighted by Crippen LogP contribution is -2.20. The van der Waals surface area contributed by atoms with Gasteiger partial charge in [0.2, 0.25) is 0 Å². The van der Waals surface area contributed by atoms with E-state index in [1.54, 1.807) is 33.1 Å². The molecule has 156 valence electrons. The minimum Gasteiger partial charge on any atom is -0.299 e. The Hall–Kier alpha value is -3.39. The van der Waals surface area contributed by atoms with E-state index in [2.05, 4.69) is 17.0 Å². The second kappa shape index (κ2) is 8.39. The summed E-state index contributed by atoms with van der Waals surface area (Å²) in [6, 6.07) is 11.6. The minimum absolute atomic E-state index is 0.0962. The van der Waals surface area contributed by atoms with Gasteiger partial charge in [-0.2, -0.15) is 9.78 Å². The molecule has 0 spiro atoms. The number of nitrogens with zero attached hydrogens (tertiary/aromatic N) is 6. The smallest absolute Gasteiger partial charge is 0.265 e. The first-order valence-electron chi connectivity index (χ1n) is 10.5. The topological polar surface area (TPSA) is 78.0 Å². The highest BCUT2D eigenvalue weighted by Gasteiger charge is 2.19. The molecule has 0 aliphatic carbocycles. The summed E-state index contributed by atoms with van der Waals surface area (Å²) in [5, 5.41) is 7.08. The highest BCUT2D eigenvalue weighted by molar-refractivity contribution is 7.11. The van der Waals surface area contributed by atoms with Crippen molar-refractivity contribution in [1.29, 1.82) is 0 Å². The van der Waals surface area contributed by atoms with Gasteiger partial charge in [-0.3, -0.25) is 9.36 Å². The van der Waals surface area contributed by atoms with E-state index in [-0.39, 0.29) is 5.56 Å². The summed E-state index contributed by atoms with van der Waals surface area (Å²) in [7, 11) is 0. The van der Waals surface area contributed by atoms with Gasteiger partial charge in [0, 0.05) is 11.4 Å². The second-order valence-corrected chi connectivity index (χ2v) is 8.44. The van der Waals surface area contributed by atoms with Crippen molar-refractivity contribution >= 4 is 50.8 Å². The van der Waals surface area contributed by atoms with Gasteiger partial charge >= 0.3 is 0 Å². The average Bonchev–Trinajstić information content (AvgIpc) is 3.41. The fourth-order valence-electron chi connectivity index (χ4n) is 3.71. The molecule has 0 fully saturated rings. The van der Waals surface area contributed by atoms with E-state index in [0.717, 1.165) is 35.2 Å². The van der Waals surface area contributed by atoms with Gasteiger partial charge in [0.1, 0.15) is 10.9 Å². The molecular formula is C23H22N6OS. The Balaban J connectivity index is 1.72. The highest BCUT2D eigenvalue weighted by Crippen LogP contribution is 2.25. The Morgan fingerprint density at radius 3 is 2.65 bits per heavy atom. The summed E-state index contributed by atoms with van der Waals surface area (Å²) in [5.74, 6) is 0. The molecule has 0 radical (unpaired) electrons. The van der Waals surface area contributed by atoms with Crippen molar-refractivity contribution < 1.29 is 0 Å². The molecule has 4 heterocycles. The van der Waals surface area contributed by atoms with Crippen molar-refractivity contribution in [2.75, 3.05) is 0 Å². The maximum atomic E-state index is 13.4. The number of benzene rings is 1. The summed E-state index contributed by atoms with van der Waals surface area (Å²) in [4.78, 5) is 28.5. The van der Waals surface area contributed by atoms with Crippen LogP contribution in [0.2, 0.25) is 0 Å². The number of para-hydroxylation sites is 2. The number of aryl methyl sites for hydroxylation is 1. The standard InChI is InChI=1S/C23H22N6OS/c1-2-3-4-7-12-28-15-24-21-19(23(28)30)20-22(27-18-11-6-5-10-17(18)26-20)29(21)25-14-16-9-8-13-31-16/h5-6,8-11,13-15H,2-4,7,12H2,1H3/b25-14-. The molecule has 0 aliphatic heterocycles. The summed E-state index contributed by atoms with van der Waals surface area (Å²) in [6.07, 6.45) is 7.75. The van der Waals surface area contributed by atoms with E-state index in [0.29, 0.717) is 28.7 Å². The predicted octanol–water partition coefficient (Wildman–Crippen LogP) is 4.82. The maximum absolute atomic E-state index is 13.4. The fourth-order valence-corrected chi connectivity index (χ4v) is 4.29.